The molecule has 31 heavy (non-hydrogen) atoms. The number of ether oxygens (including phenoxy) is 1. The predicted molar refractivity (Wildman–Crippen MR) is 118 cm³/mol. The fraction of sp³-hybridized carbons (Fsp3) is 0.115. The van der Waals surface area contributed by atoms with Crippen molar-refractivity contribution in [3.8, 4) is 5.75 Å². The van der Waals surface area contributed by atoms with Gasteiger partial charge in [0, 0.05) is 29.6 Å². The molecule has 0 saturated carbocycles. The predicted octanol–water partition coefficient (Wildman–Crippen LogP) is 6.40. The summed E-state index contributed by atoms with van der Waals surface area (Å²) in [6.07, 6.45) is 1.82. The van der Waals surface area contributed by atoms with Crippen molar-refractivity contribution in [1.82, 2.24) is 9.55 Å². The van der Waals surface area contributed by atoms with Crippen molar-refractivity contribution in [3.63, 3.8) is 0 Å². The Morgan fingerprint density at radius 1 is 0.806 bits per heavy atom. The molecule has 2 aromatic heterocycles. The van der Waals surface area contributed by atoms with Gasteiger partial charge in [0.25, 0.3) is 0 Å². The Hall–Kier alpha value is -3.73. The van der Waals surface area contributed by atoms with Crippen LogP contribution in [0.15, 0.2) is 79.0 Å². The SMILES string of the molecule is Cc1nccc2c3ccc(OCc4ccc(F)cc4)cc3n(Cc3ccc(F)cc3)c12. The summed E-state index contributed by atoms with van der Waals surface area (Å²) in [5, 5.41) is 2.23. The first-order chi connectivity index (χ1) is 15.1. The minimum atomic E-state index is -0.264. The topological polar surface area (TPSA) is 27.1 Å². The molecule has 0 unspecified atom stereocenters. The summed E-state index contributed by atoms with van der Waals surface area (Å²) < 4.78 is 34.7. The van der Waals surface area contributed by atoms with Crippen molar-refractivity contribution in [2.45, 2.75) is 20.1 Å². The number of aryl methyl sites for hydroxylation is 1. The molecule has 0 spiro atoms. The molecule has 0 aliphatic heterocycles. The molecule has 0 bridgehead atoms. The van der Waals surface area contributed by atoms with Crippen molar-refractivity contribution in [1.29, 1.82) is 0 Å². The summed E-state index contributed by atoms with van der Waals surface area (Å²) in [6, 6.07) is 20.9. The van der Waals surface area contributed by atoms with Gasteiger partial charge in [0.1, 0.15) is 24.0 Å². The minimum absolute atomic E-state index is 0.250. The zero-order valence-corrected chi connectivity index (χ0v) is 17.0. The molecular formula is C26H20F2N2O. The van der Waals surface area contributed by atoms with Gasteiger partial charge in [-0.25, -0.2) is 8.78 Å². The molecule has 2 heterocycles. The smallest absolute Gasteiger partial charge is 0.123 e. The molecule has 0 radical (unpaired) electrons. The largest absolute Gasteiger partial charge is 0.489 e. The second kappa shape index (κ2) is 7.84. The third kappa shape index (κ3) is 3.75. The van der Waals surface area contributed by atoms with Crippen molar-refractivity contribution in [3.05, 3.63) is 107 Å². The van der Waals surface area contributed by atoms with Gasteiger partial charge in [-0.3, -0.25) is 4.98 Å². The second-order valence-electron chi connectivity index (χ2n) is 7.60. The molecule has 3 aromatic carbocycles. The molecule has 0 aliphatic carbocycles. The highest BCUT2D eigenvalue weighted by Gasteiger charge is 2.14. The number of rotatable bonds is 5. The first-order valence-corrected chi connectivity index (χ1v) is 10.1. The molecule has 0 fully saturated rings. The number of halogens is 2. The van der Waals surface area contributed by atoms with Gasteiger partial charge in [-0.1, -0.05) is 24.3 Å². The lowest BCUT2D eigenvalue weighted by atomic mass is 10.1. The quantitative estimate of drug-likeness (QED) is 0.333. The number of benzene rings is 3. The maximum absolute atomic E-state index is 13.4. The number of nitrogens with zero attached hydrogens (tertiary/aromatic N) is 2. The Morgan fingerprint density at radius 3 is 2.19 bits per heavy atom. The Bertz CT molecular complexity index is 1370. The van der Waals surface area contributed by atoms with Crippen LogP contribution in [0.3, 0.4) is 0 Å². The Morgan fingerprint density at radius 2 is 1.48 bits per heavy atom. The van der Waals surface area contributed by atoms with E-state index < -0.39 is 0 Å². The molecule has 154 valence electrons. The lowest BCUT2D eigenvalue weighted by Gasteiger charge is -2.11. The number of hydrogen-bond donors (Lipinski definition) is 0. The third-order valence-corrected chi connectivity index (χ3v) is 5.50. The standard InChI is InChI=1S/C26H20F2N2O/c1-17-26-24(12-13-29-17)23-11-10-22(31-16-19-4-8-21(28)9-5-19)14-25(23)30(26)15-18-2-6-20(27)7-3-18/h2-14H,15-16H2,1H3. The Labute approximate surface area is 178 Å². The van der Waals surface area contributed by atoms with E-state index in [9.17, 15) is 8.78 Å². The highest BCUT2D eigenvalue weighted by atomic mass is 19.1. The van der Waals surface area contributed by atoms with Crippen LogP contribution in [-0.4, -0.2) is 9.55 Å². The fourth-order valence-electron chi connectivity index (χ4n) is 3.97. The summed E-state index contributed by atoms with van der Waals surface area (Å²) in [7, 11) is 0. The average Bonchev–Trinajstić information content (AvgIpc) is 3.09. The van der Waals surface area contributed by atoms with Crippen LogP contribution in [0.25, 0.3) is 21.8 Å². The van der Waals surface area contributed by atoms with E-state index in [0.29, 0.717) is 13.2 Å². The van der Waals surface area contributed by atoms with Gasteiger partial charge in [0.2, 0.25) is 0 Å². The van der Waals surface area contributed by atoms with E-state index in [1.54, 1.807) is 24.3 Å². The van der Waals surface area contributed by atoms with Crippen LogP contribution in [0.2, 0.25) is 0 Å². The average molecular weight is 414 g/mol. The summed E-state index contributed by atoms with van der Waals surface area (Å²) >= 11 is 0. The lowest BCUT2D eigenvalue weighted by Crippen LogP contribution is -2.02. The van der Waals surface area contributed by atoms with Crippen LogP contribution in [0.4, 0.5) is 8.78 Å². The van der Waals surface area contributed by atoms with Crippen LogP contribution in [-0.2, 0) is 13.2 Å². The maximum atomic E-state index is 13.4. The molecule has 5 aromatic rings. The minimum Gasteiger partial charge on any atom is -0.489 e. The molecule has 5 heteroatoms. The van der Waals surface area contributed by atoms with Crippen molar-refractivity contribution in [2.75, 3.05) is 0 Å². The van der Waals surface area contributed by atoms with Gasteiger partial charge >= 0.3 is 0 Å². The Balaban J connectivity index is 1.57. The van der Waals surface area contributed by atoms with E-state index in [1.165, 1.54) is 24.3 Å². The van der Waals surface area contributed by atoms with E-state index in [1.807, 2.05) is 31.3 Å². The zero-order chi connectivity index (χ0) is 21.4. The van der Waals surface area contributed by atoms with Crippen LogP contribution in [0.5, 0.6) is 5.75 Å². The molecule has 0 amide bonds. The highest BCUT2D eigenvalue weighted by molar-refractivity contribution is 6.09. The molecule has 0 N–H and O–H groups in total. The second-order valence-corrected chi connectivity index (χ2v) is 7.60. The van der Waals surface area contributed by atoms with Crippen LogP contribution < -0.4 is 4.74 Å². The summed E-state index contributed by atoms with van der Waals surface area (Å²) in [5.41, 5.74) is 4.91. The van der Waals surface area contributed by atoms with Crippen LogP contribution in [0.1, 0.15) is 16.8 Å². The van der Waals surface area contributed by atoms with Crippen molar-refractivity contribution in [2.24, 2.45) is 0 Å². The van der Waals surface area contributed by atoms with Gasteiger partial charge in [0.15, 0.2) is 0 Å². The van der Waals surface area contributed by atoms with Gasteiger partial charge < -0.3 is 9.30 Å². The third-order valence-electron chi connectivity index (χ3n) is 5.50. The molecule has 0 aliphatic rings. The summed E-state index contributed by atoms with van der Waals surface area (Å²) in [6.45, 7) is 2.94. The maximum Gasteiger partial charge on any atom is 0.123 e. The van der Waals surface area contributed by atoms with Gasteiger partial charge in [-0.15, -0.1) is 0 Å². The van der Waals surface area contributed by atoms with Crippen LogP contribution >= 0.6 is 0 Å². The zero-order valence-electron chi connectivity index (χ0n) is 17.0. The molecule has 3 nitrogen and oxygen atoms in total. The lowest BCUT2D eigenvalue weighted by molar-refractivity contribution is 0.306. The van der Waals surface area contributed by atoms with Gasteiger partial charge in [-0.2, -0.15) is 0 Å². The Kier molecular flexibility index (Phi) is 4.86. The number of hydrogen-bond acceptors (Lipinski definition) is 2. The van der Waals surface area contributed by atoms with E-state index in [0.717, 1.165) is 44.4 Å². The highest BCUT2D eigenvalue weighted by Crippen LogP contribution is 2.33. The monoisotopic (exact) mass is 414 g/mol. The number of pyridine rings is 1. The van der Waals surface area contributed by atoms with Gasteiger partial charge in [0.05, 0.1) is 16.7 Å². The molecule has 0 saturated heterocycles. The fourth-order valence-corrected chi connectivity index (χ4v) is 3.97. The normalized spacial score (nSPS) is 11.3. The molecular weight excluding hydrogens is 394 g/mol. The molecule has 0 atom stereocenters. The summed E-state index contributed by atoms with van der Waals surface area (Å²) in [4.78, 5) is 4.48. The van der Waals surface area contributed by atoms with Gasteiger partial charge in [-0.05, 0) is 60.5 Å². The number of aromatic nitrogens is 2. The van der Waals surface area contributed by atoms with Crippen LogP contribution in [0, 0.1) is 18.6 Å². The van der Waals surface area contributed by atoms with Crippen molar-refractivity contribution >= 4 is 21.8 Å². The first-order valence-electron chi connectivity index (χ1n) is 10.1. The van der Waals surface area contributed by atoms with E-state index in [-0.39, 0.29) is 11.6 Å². The van der Waals surface area contributed by atoms with E-state index >= 15 is 0 Å². The summed E-state index contributed by atoms with van der Waals surface area (Å²) in [5.74, 6) is 0.213. The van der Waals surface area contributed by atoms with Crippen molar-refractivity contribution < 1.29 is 13.5 Å². The first kappa shape index (κ1) is 19.2. The number of fused-ring (bicyclic) bond motifs is 3. The van der Waals surface area contributed by atoms with E-state index in [2.05, 4.69) is 15.6 Å². The molecule has 5 rings (SSSR count). The van der Waals surface area contributed by atoms with E-state index in [4.69, 9.17) is 4.74 Å².